The van der Waals surface area contributed by atoms with E-state index in [2.05, 4.69) is 23.0 Å². The predicted molar refractivity (Wildman–Crippen MR) is 69.1 cm³/mol. The van der Waals surface area contributed by atoms with Crippen molar-refractivity contribution in [2.75, 3.05) is 5.73 Å². The average Bonchev–Trinajstić information content (AvgIpc) is 2.68. The highest BCUT2D eigenvalue weighted by molar-refractivity contribution is 7.71. The molecule has 1 heterocycles. The highest BCUT2D eigenvalue weighted by atomic mass is 32.1. The third-order valence-electron chi connectivity index (χ3n) is 2.91. The summed E-state index contributed by atoms with van der Waals surface area (Å²) in [6.45, 7) is 4.13. The molecule has 0 aliphatic heterocycles. The summed E-state index contributed by atoms with van der Waals surface area (Å²) in [4.78, 5) is 6.10. The Hall–Kier alpha value is -1.55. The van der Waals surface area contributed by atoms with Crippen molar-refractivity contribution in [1.82, 2.24) is 9.97 Å². The zero-order chi connectivity index (χ0) is 11.7. The van der Waals surface area contributed by atoms with E-state index < -0.39 is 0 Å². The molecule has 0 bridgehead atoms. The van der Waals surface area contributed by atoms with Crippen LogP contribution in [0.1, 0.15) is 29.7 Å². The molecular weight excluding hydrogens is 218 g/mol. The summed E-state index contributed by atoms with van der Waals surface area (Å²) in [6.07, 6.45) is 1.90. The Morgan fingerprint density at radius 1 is 1.38 bits per heavy atom. The van der Waals surface area contributed by atoms with Crippen molar-refractivity contribution in [2.45, 2.75) is 19.8 Å². The molecule has 2 rings (SSSR count). The summed E-state index contributed by atoms with van der Waals surface area (Å²) in [5, 5.41) is 0. The van der Waals surface area contributed by atoms with Crippen molar-refractivity contribution < 1.29 is 0 Å². The number of hydrogen-bond acceptors (Lipinski definition) is 2. The number of nitrogens with two attached hydrogens (primary N) is 1. The Morgan fingerprint density at radius 2 is 2.12 bits per heavy atom. The van der Waals surface area contributed by atoms with Crippen LogP contribution in [0.25, 0.3) is 0 Å². The van der Waals surface area contributed by atoms with Crippen molar-refractivity contribution in [2.24, 2.45) is 0 Å². The van der Waals surface area contributed by atoms with E-state index in [1.807, 2.05) is 25.3 Å². The number of para-hydroxylation sites is 1. The van der Waals surface area contributed by atoms with Crippen LogP contribution >= 0.6 is 12.2 Å². The number of aryl methyl sites for hydroxylation is 1. The fourth-order valence-corrected chi connectivity index (χ4v) is 2.01. The Labute approximate surface area is 99.7 Å². The predicted octanol–water partition coefficient (Wildman–Crippen LogP) is 3.11. The first-order valence-corrected chi connectivity index (χ1v) is 5.63. The number of imidazole rings is 1. The van der Waals surface area contributed by atoms with Crippen molar-refractivity contribution >= 4 is 17.9 Å². The molecule has 0 radical (unpaired) electrons. The molecule has 1 atom stereocenters. The molecule has 16 heavy (non-hydrogen) atoms. The van der Waals surface area contributed by atoms with E-state index in [1.165, 1.54) is 0 Å². The van der Waals surface area contributed by atoms with Gasteiger partial charge in [-0.1, -0.05) is 25.1 Å². The van der Waals surface area contributed by atoms with Gasteiger partial charge in [0.25, 0.3) is 0 Å². The third-order valence-corrected chi connectivity index (χ3v) is 3.13. The molecule has 4 heteroatoms. The summed E-state index contributed by atoms with van der Waals surface area (Å²) < 4.78 is 0.646. The number of nitrogen functional groups attached to an aromatic ring is 1. The van der Waals surface area contributed by atoms with E-state index >= 15 is 0 Å². The van der Waals surface area contributed by atoms with Gasteiger partial charge in [-0.2, -0.15) is 0 Å². The number of aromatic amines is 2. The number of rotatable bonds is 2. The summed E-state index contributed by atoms with van der Waals surface area (Å²) >= 11 is 5.02. The van der Waals surface area contributed by atoms with Gasteiger partial charge in [0, 0.05) is 23.5 Å². The van der Waals surface area contributed by atoms with Gasteiger partial charge in [-0.3, -0.25) is 0 Å². The Bertz CT molecular complexity index is 553. The van der Waals surface area contributed by atoms with Crippen LogP contribution in [0.5, 0.6) is 0 Å². The molecule has 0 spiro atoms. The minimum absolute atomic E-state index is 0.216. The molecule has 0 aliphatic rings. The lowest BCUT2D eigenvalue weighted by atomic mass is 9.95. The second-order valence-electron chi connectivity index (χ2n) is 4.00. The van der Waals surface area contributed by atoms with E-state index in [0.717, 1.165) is 22.5 Å². The van der Waals surface area contributed by atoms with Gasteiger partial charge in [0.1, 0.15) is 0 Å². The zero-order valence-electron chi connectivity index (χ0n) is 9.37. The second-order valence-corrected chi connectivity index (χ2v) is 4.41. The highest BCUT2D eigenvalue weighted by Gasteiger charge is 2.13. The molecule has 2 aromatic rings. The first kappa shape index (κ1) is 11.0. The molecule has 0 fully saturated rings. The molecular formula is C12H15N3S. The first-order chi connectivity index (χ1) is 7.59. The van der Waals surface area contributed by atoms with Crippen LogP contribution in [0.15, 0.2) is 24.4 Å². The third kappa shape index (κ3) is 1.88. The Kier molecular flexibility index (Phi) is 2.83. The summed E-state index contributed by atoms with van der Waals surface area (Å²) in [5.74, 6) is 0.216. The molecule has 1 aromatic heterocycles. The number of anilines is 1. The first-order valence-electron chi connectivity index (χ1n) is 5.22. The summed E-state index contributed by atoms with van der Waals surface area (Å²) in [6, 6.07) is 6.10. The van der Waals surface area contributed by atoms with Crippen molar-refractivity contribution in [3.05, 3.63) is 46.0 Å². The number of aromatic nitrogens is 2. The van der Waals surface area contributed by atoms with Crippen LogP contribution < -0.4 is 5.73 Å². The molecule has 4 N–H and O–H groups in total. The summed E-state index contributed by atoms with van der Waals surface area (Å²) in [5.41, 5.74) is 10.2. The van der Waals surface area contributed by atoms with Crippen LogP contribution in [0.2, 0.25) is 0 Å². The maximum absolute atomic E-state index is 6.08. The van der Waals surface area contributed by atoms with Crippen LogP contribution in [0.4, 0.5) is 5.69 Å². The number of nitrogens with one attached hydrogen (secondary N) is 2. The van der Waals surface area contributed by atoms with E-state index in [1.54, 1.807) is 0 Å². The average molecular weight is 233 g/mol. The fourth-order valence-electron chi connectivity index (χ4n) is 1.83. The van der Waals surface area contributed by atoms with Crippen molar-refractivity contribution in [3.8, 4) is 0 Å². The maximum atomic E-state index is 6.08. The number of hydrogen-bond donors (Lipinski definition) is 3. The number of H-pyrrole nitrogens is 2. The minimum atomic E-state index is 0.216. The van der Waals surface area contributed by atoms with Gasteiger partial charge in [-0.15, -0.1) is 0 Å². The lowest BCUT2D eigenvalue weighted by Crippen LogP contribution is -2.03. The molecule has 84 valence electrons. The second kappa shape index (κ2) is 4.14. The van der Waals surface area contributed by atoms with Crippen LogP contribution in [-0.2, 0) is 0 Å². The van der Waals surface area contributed by atoms with Crippen LogP contribution in [0.3, 0.4) is 0 Å². The molecule has 0 saturated carbocycles. The van der Waals surface area contributed by atoms with Gasteiger partial charge in [0.2, 0.25) is 0 Å². The SMILES string of the molecule is Cc1cccc(C(C)c2c[nH]c(=S)[nH]2)c1N. The molecule has 0 aliphatic carbocycles. The van der Waals surface area contributed by atoms with Gasteiger partial charge < -0.3 is 15.7 Å². The standard InChI is InChI=1S/C12H15N3S/c1-7-4-3-5-9(11(7)13)8(2)10-6-14-12(16)15-10/h3-6,8H,13H2,1-2H3,(H2,14,15,16). The Morgan fingerprint density at radius 3 is 2.75 bits per heavy atom. The molecule has 3 nitrogen and oxygen atoms in total. The van der Waals surface area contributed by atoms with Crippen LogP contribution in [0, 0.1) is 11.7 Å². The fraction of sp³-hybridized carbons (Fsp3) is 0.250. The molecule has 1 unspecified atom stereocenters. The van der Waals surface area contributed by atoms with Gasteiger partial charge in [0.05, 0.1) is 0 Å². The van der Waals surface area contributed by atoms with Gasteiger partial charge >= 0.3 is 0 Å². The van der Waals surface area contributed by atoms with Gasteiger partial charge in [0.15, 0.2) is 4.77 Å². The monoisotopic (exact) mass is 233 g/mol. The molecule has 0 saturated heterocycles. The number of benzene rings is 1. The van der Waals surface area contributed by atoms with Gasteiger partial charge in [-0.05, 0) is 30.3 Å². The smallest absolute Gasteiger partial charge is 0.174 e. The van der Waals surface area contributed by atoms with Crippen molar-refractivity contribution in [1.29, 1.82) is 0 Å². The van der Waals surface area contributed by atoms with Gasteiger partial charge in [-0.25, -0.2) is 0 Å². The van der Waals surface area contributed by atoms with E-state index in [0.29, 0.717) is 4.77 Å². The topological polar surface area (TPSA) is 57.6 Å². The largest absolute Gasteiger partial charge is 0.398 e. The van der Waals surface area contributed by atoms with Crippen LogP contribution in [-0.4, -0.2) is 9.97 Å². The minimum Gasteiger partial charge on any atom is -0.398 e. The van der Waals surface area contributed by atoms with Crippen molar-refractivity contribution in [3.63, 3.8) is 0 Å². The lowest BCUT2D eigenvalue weighted by molar-refractivity contribution is 0.883. The van der Waals surface area contributed by atoms with E-state index in [4.69, 9.17) is 18.0 Å². The normalized spacial score (nSPS) is 12.6. The Balaban J connectivity index is 2.45. The molecule has 1 aromatic carbocycles. The maximum Gasteiger partial charge on any atom is 0.174 e. The highest BCUT2D eigenvalue weighted by Crippen LogP contribution is 2.28. The molecule has 0 amide bonds. The zero-order valence-corrected chi connectivity index (χ0v) is 10.2. The summed E-state index contributed by atoms with van der Waals surface area (Å²) in [7, 11) is 0. The van der Waals surface area contributed by atoms with E-state index in [9.17, 15) is 0 Å². The quantitative estimate of drug-likeness (QED) is 0.551. The lowest BCUT2D eigenvalue weighted by Gasteiger charge is -2.14. The van der Waals surface area contributed by atoms with E-state index in [-0.39, 0.29) is 5.92 Å².